The van der Waals surface area contributed by atoms with E-state index in [4.69, 9.17) is 10.5 Å². The van der Waals surface area contributed by atoms with E-state index in [1.165, 1.54) is 0 Å². The Hall–Kier alpha value is -2.30. The molecule has 2 rings (SSSR count). The molecule has 0 radical (unpaired) electrons. The highest BCUT2D eigenvalue weighted by molar-refractivity contribution is 6.19. The molecule has 3 N–H and O–H groups in total. The summed E-state index contributed by atoms with van der Waals surface area (Å²) in [5.41, 5.74) is 6.69. The Morgan fingerprint density at radius 2 is 2.00 bits per heavy atom. The van der Waals surface area contributed by atoms with Gasteiger partial charge in [0.25, 0.3) is 0 Å². The SMILES string of the molecule is CC1CC(=O)C(=C(O)Cc2ccc(N)cc2)C(=O)O1. The van der Waals surface area contributed by atoms with Crippen LogP contribution in [0.5, 0.6) is 0 Å². The second kappa shape index (κ2) is 5.14. The van der Waals surface area contributed by atoms with E-state index in [9.17, 15) is 14.7 Å². The monoisotopic (exact) mass is 261 g/mol. The summed E-state index contributed by atoms with van der Waals surface area (Å²) in [7, 11) is 0. The van der Waals surface area contributed by atoms with Gasteiger partial charge in [-0.15, -0.1) is 0 Å². The molecule has 1 atom stereocenters. The fourth-order valence-electron chi connectivity index (χ4n) is 1.96. The fraction of sp³-hybridized carbons (Fsp3) is 0.286. The Balaban J connectivity index is 2.23. The summed E-state index contributed by atoms with van der Waals surface area (Å²) in [5, 5.41) is 9.95. The Labute approximate surface area is 110 Å². The van der Waals surface area contributed by atoms with Crippen molar-refractivity contribution in [3.8, 4) is 0 Å². The van der Waals surface area contributed by atoms with Crippen LogP contribution < -0.4 is 5.73 Å². The second-order valence-electron chi connectivity index (χ2n) is 4.58. The van der Waals surface area contributed by atoms with Gasteiger partial charge in [0, 0.05) is 18.5 Å². The molecular formula is C14H15NO4. The molecule has 1 aliphatic rings. The number of hydrogen-bond acceptors (Lipinski definition) is 5. The Kier molecular flexibility index (Phi) is 3.55. The van der Waals surface area contributed by atoms with Crippen molar-refractivity contribution in [2.45, 2.75) is 25.9 Å². The molecule has 0 saturated carbocycles. The van der Waals surface area contributed by atoms with Crippen molar-refractivity contribution in [2.24, 2.45) is 0 Å². The maximum Gasteiger partial charge on any atom is 0.345 e. The molecule has 5 heteroatoms. The average molecular weight is 261 g/mol. The number of aliphatic hydroxyl groups excluding tert-OH is 1. The topological polar surface area (TPSA) is 89.6 Å². The van der Waals surface area contributed by atoms with Crippen LogP contribution in [0.3, 0.4) is 0 Å². The van der Waals surface area contributed by atoms with E-state index in [2.05, 4.69) is 0 Å². The zero-order valence-electron chi connectivity index (χ0n) is 10.6. The van der Waals surface area contributed by atoms with E-state index in [0.29, 0.717) is 5.69 Å². The van der Waals surface area contributed by atoms with Gasteiger partial charge in [-0.25, -0.2) is 4.79 Å². The Morgan fingerprint density at radius 3 is 2.58 bits per heavy atom. The normalized spacial score (nSPS) is 22.1. The molecule has 100 valence electrons. The number of ketones is 1. The number of aliphatic hydroxyl groups is 1. The first kappa shape index (κ1) is 13.1. The molecule has 5 nitrogen and oxygen atoms in total. The quantitative estimate of drug-likeness (QED) is 0.277. The average Bonchev–Trinajstić information content (AvgIpc) is 2.30. The van der Waals surface area contributed by atoms with E-state index < -0.39 is 12.1 Å². The number of carbonyl (C=O) groups is 2. The lowest BCUT2D eigenvalue weighted by atomic mass is 9.98. The highest BCUT2D eigenvalue weighted by Gasteiger charge is 2.32. The van der Waals surface area contributed by atoms with Crippen LogP contribution in [-0.4, -0.2) is 23.0 Å². The summed E-state index contributed by atoms with van der Waals surface area (Å²) >= 11 is 0. The van der Waals surface area contributed by atoms with E-state index in [0.717, 1.165) is 5.56 Å². The number of benzene rings is 1. The molecule has 1 aromatic carbocycles. The number of nitrogen functional groups attached to an aromatic ring is 1. The van der Waals surface area contributed by atoms with Crippen molar-refractivity contribution in [3.63, 3.8) is 0 Å². The number of allylic oxidation sites excluding steroid dienone is 1. The predicted molar refractivity (Wildman–Crippen MR) is 69.4 cm³/mol. The van der Waals surface area contributed by atoms with Crippen molar-refractivity contribution in [1.82, 2.24) is 0 Å². The fourth-order valence-corrected chi connectivity index (χ4v) is 1.96. The van der Waals surface area contributed by atoms with Crippen molar-refractivity contribution < 1.29 is 19.4 Å². The number of nitrogens with two attached hydrogens (primary N) is 1. The smallest absolute Gasteiger partial charge is 0.345 e. The lowest BCUT2D eigenvalue weighted by molar-refractivity contribution is -0.150. The zero-order valence-corrected chi connectivity index (χ0v) is 10.6. The van der Waals surface area contributed by atoms with Gasteiger partial charge in [0.05, 0.1) is 0 Å². The molecule has 19 heavy (non-hydrogen) atoms. The van der Waals surface area contributed by atoms with Crippen molar-refractivity contribution >= 4 is 17.4 Å². The molecule has 1 unspecified atom stereocenters. The molecule has 1 aliphatic heterocycles. The number of Topliss-reactive ketones (excluding diaryl/α,β-unsaturated/α-hetero) is 1. The van der Waals surface area contributed by atoms with Crippen LogP contribution in [-0.2, 0) is 20.7 Å². The molecule has 1 aromatic rings. The molecule has 1 heterocycles. The number of rotatable bonds is 2. The number of ether oxygens (including phenoxy) is 1. The minimum atomic E-state index is -0.753. The minimum absolute atomic E-state index is 0.102. The van der Waals surface area contributed by atoms with Gasteiger partial charge in [0.1, 0.15) is 17.4 Å². The predicted octanol–water partition coefficient (Wildman–Crippen LogP) is 1.53. The van der Waals surface area contributed by atoms with Crippen LogP contribution in [0, 0.1) is 0 Å². The van der Waals surface area contributed by atoms with Gasteiger partial charge >= 0.3 is 5.97 Å². The molecule has 0 amide bonds. The summed E-state index contributed by atoms with van der Waals surface area (Å²) in [6, 6.07) is 6.84. The number of anilines is 1. The van der Waals surface area contributed by atoms with E-state index >= 15 is 0 Å². The van der Waals surface area contributed by atoms with Crippen LogP contribution in [0.25, 0.3) is 0 Å². The van der Waals surface area contributed by atoms with E-state index in [1.54, 1.807) is 31.2 Å². The van der Waals surface area contributed by atoms with Crippen molar-refractivity contribution in [1.29, 1.82) is 0 Å². The number of hydrogen-bond donors (Lipinski definition) is 2. The van der Waals surface area contributed by atoms with Gasteiger partial charge in [-0.1, -0.05) is 12.1 Å². The number of esters is 1. The number of carbonyl (C=O) groups excluding carboxylic acids is 2. The van der Waals surface area contributed by atoms with Crippen LogP contribution in [0.1, 0.15) is 18.9 Å². The largest absolute Gasteiger partial charge is 0.511 e. The molecule has 0 bridgehead atoms. The summed E-state index contributed by atoms with van der Waals surface area (Å²) in [5.74, 6) is -1.39. The second-order valence-corrected chi connectivity index (χ2v) is 4.58. The van der Waals surface area contributed by atoms with Gasteiger partial charge in [-0.05, 0) is 24.6 Å². The zero-order chi connectivity index (χ0) is 14.0. The summed E-state index contributed by atoms with van der Waals surface area (Å²) in [6.45, 7) is 1.64. The van der Waals surface area contributed by atoms with E-state index in [-0.39, 0.29) is 30.0 Å². The summed E-state index contributed by atoms with van der Waals surface area (Å²) in [6.07, 6.45) is -0.231. The molecular weight excluding hydrogens is 246 g/mol. The third-order valence-corrected chi connectivity index (χ3v) is 2.90. The first-order chi connectivity index (χ1) is 8.97. The van der Waals surface area contributed by atoms with Crippen LogP contribution in [0.4, 0.5) is 5.69 Å². The lowest BCUT2D eigenvalue weighted by Crippen LogP contribution is -2.31. The maximum absolute atomic E-state index is 11.8. The number of cyclic esters (lactones) is 1. The van der Waals surface area contributed by atoms with Crippen molar-refractivity contribution in [2.75, 3.05) is 5.73 Å². The summed E-state index contributed by atoms with van der Waals surface area (Å²) in [4.78, 5) is 23.4. The van der Waals surface area contributed by atoms with Crippen LogP contribution >= 0.6 is 0 Å². The molecule has 1 saturated heterocycles. The van der Waals surface area contributed by atoms with Gasteiger partial charge in [-0.3, -0.25) is 4.79 Å². The minimum Gasteiger partial charge on any atom is -0.511 e. The van der Waals surface area contributed by atoms with Gasteiger partial charge in [0.15, 0.2) is 5.78 Å². The van der Waals surface area contributed by atoms with Gasteiger partial charge in [0.2, 0.25) is 0 Å². The molecule has 0 aliphatic carbocycles. The Morgan fingerprint density at radius 1 is 1.37 bits per heavy atom. The Bertz CT molecular complexity index is 525. The molecule has 0 spiro atoms. The van der Waals surface area contributed by atoms with Gasteiger partial charge < -0.3 is 15.6 Å². The van der Waals surface area contributed by atoms with Crippen molar-refractivity contribution in [3.05, 3.63) is 41.2 Å². The molecule has 0 aromatic heterocycles. The standard InChI is InChI=1S/C14H15NO4/c1-8-6-11(16)13(14(18)19-8)12(17)7-9-2-4-10(15)5-3-9/h2-5,8,17H,6-7,15H2,1H3. The highest BCUT2D eigenvalue weighted by atomic mass is 16.5. The highest BCUT2D eigenvalue weighted by Crippen LogP contribution is 2.20. The first-order valence-corrected chi connectivity index (χ1v) is 5.98. The lowest BCUT2D eigenvalue weighted by Gasteiger charge is -2.20. The van der Waals surface area contributed by atoms with E-state index in [1.807, 2.05) is 0 Å². The first-order valence-electron chi connectivity index (χ1n) is 5.98. The maximum atomic E-state index is 11.8. The van der Waals surface area contributed by atoms with Gasteiger partial charge in [-0.2, -0.15) is 0 Å². The summed E-state index contributed by atoms with van der Waals surface area (Å²) < 4.78 is 4.95. The molecule has 1 fully saturated rings. The van der Waals surface area contributed by atoms with Crippen LogP contribution in [0.2, 0.25) is 0 Å². The van der Waals surface area contributed by atoms with Crippen LogP contribution in [0.15, 0.2) is 35.6 Å². The third kappa shape index (κ3) is 2.93. The third-order valence-electron chi connectivity index (χ3n) is 2.90.